The fraction of sp³-hybridized carbons (Fsp3) is 0.833. The van der Waals surface area contributed by atoms with Gasteiger partial charge in [-0.25, -0.2) is 0 Å². The number of hydrogen-bond acceptors (Lipinski definition) is 3. The summed E-state index contributed by atoms with van der Waals surface area (Å²) in [5.74, 6) is -0.605. The molecule has 4 heteroatoms. The molecule has 2 amide bonds. The van der Waals surface area contributed by atoms with Crippen LogP contribution in [0.5, 0.6) is 0 Å². The molecule has 1 aliphatic carbocycles. The van der Waals surface area contributed by atoms with E-state index in [9.17, 15) is 14.7 Å². The van der Waals surface area contributed by atoms with Gasteiger partial charge >= 0.3 is 0 Å². The highest BCUT2D eigenvalue weighted by molar-refractivity contribution is 6.05. The van der Waals surface area contributed by atoms with Gasteiger partial charge in [-0.1, -0.05) is 27.7 Å². The fourth-order valence-corrected chi connectivity index (χ4v) is 2.60. The van der Waals surface area contributed by atoms with Crippen LogP contribution < -0.4 is 0 Å². The summed E-state index contributed by atoms with van der Waals surface area (Å²) in [6.07, 6.45) is 0.105. The van der Waals surface area contributed by atoms with Gasteiger partial charge in [0, 0.05) is 23.3 Å². The van der Waals surface area contributed by atoms with Crippen molar-refractivity contribution in [1.82, 2.24) is 4.90 Å². The Labute approximate surface area is 95.6 Å². The SMILES string of the molecule is CC1C(=O)N(C2CC(O)C2(C)C)C(=O)C1C. The third-order valence-electron chi connectivity index (χ3n) is 4.48. The van der Waals surface area contributed by atoms with E-state index in [1.807, 2.05) is 13.8 Å². The van der Waals surface area contributed by atoms with Crippen LogP contribution in [0, 0.1) is 17.3 Å². The predicted molar refractivity (Wildman–Crippen MR) is 58.4 cm³/mol. The van der Waals surface area contributed by atoms with E-state index in [2.05, 4.69) is 0 Å². The molecule has 0 aromatic carbocycles. The molecule has 1 N–H and O–H groups in total. The molecule has 4 unspecified atom stereocenters. The van der Waals surface area contributed by atoms with Crippen LogP contribution in [0.15, 0.2) is 0 Å². The summed E-state index contributed by atoms with van der Waals surface area (Å²) in [5, 5.41) is 9.66. The first-order chi connectivity index (χ1) is 7.28. The Morgan fingerprint density at radius 1 is 1.19 bits per heavy atom. The van der Waals surface area contributed by atoms with Crippen molar-refractivity contribution in [1.29, 1.82) is 0 Å². The molecule has 4 atom stereocenters. The van der Waals surface area contributed by atoms with Crippen LogP contribution in [0.1, 0.15) is 34.1 Å². The summed E-state index contributed by atoms with van der Waals surface area (Å²) in [7, 11) is 0. The number of rotatable bonds is 1. The minimum Gasteiger partial charge on any atom is -0.392 e. The van der Waals surface area contributed by atoms with Crippen LogP contribution in [0.3, 0.4) is 0 Å². The van der Waals surface area contributed by atoms with E-state index in [0.29, 0.717) is 6.42 Å². The first-order valence-corrected chi connectivity index (χ1v) is 5.83. The molecule has 90 valence electrons. The molecule has 2 rings (SSSR count). The van der Waals surface area contributed by atoms with E-state index >= 15 is 0 Å². The summed E-state index contributed by atoms with van der Waals surface area (Å²) in [4.78, 5) is 25.3. The van der Waals surface area contributed by atoms with E-state index in [4.69, 9.17) is 0 Å². The van der Waals surface area contributed by atoms with Crippen LogP contribution in [-0.4, -0.2) is 34.0 Å². The lowest BCUT2D eigenvalue weighted by Crippen LogP contribution is -2.62. The van der Waals surface area contributed by atoms with Crippen molar-refractivity contribution in [3.63, 3.8) is 0 Å². The van der Waals surface area contributed by atoms with Crippen molar-refractivity contribution >= 4 is 11.8 Å². The number of imide groups is 1. The van der Waals surface area contributed by atoms with Gasteiger partial charge in [-0.2, -0.15) is 0 Å². The second-order valence-electron chi connectivity index (χ2n) is 5.71. The molecule has 0 radical (unpaired) electrons. The molecule has 1 saturated heterocycles. The lowest BCUT2D eigenvalue weighted by Gasteiger charge is -2.52. The Bertz CT molecular complexity index is 330. The smallest absolute Gasteiger partial charge is 0.233 e. The van der Waals surface area contributed by atoms with Gasteiger partial charge in [-0.15, -0.1) is 0 Å². The Hall–Kier alpha value is -0.900. The predicted octanol–water partition coefficient (Wildman–Crippen LogP) is 0.787. The Morgan fingerprint density at radius 2 is 1.62 bits per heavy atom. The molecule has 0 aromatic heterocycles. The van der Waals surface area contributed by atoms with Crippen LogP contribution in [0.2, 0.25) is 0 Å². The summed E-state index contributed by atoms with van der Waals surface area (Å²) >= 11 is 0. The number of carbonyl (C=O) groups is 2. The number of aliphatic hydroxyl groups is 1. The van der Waals surface area contributed by atoms with Crippen LogP contribution in [0.4, 0.5) is 0 Å². The zero-order chi connectivity index (χ0) is 12.2. The molecule has 0 bridgehead atoms. The van der Waals surface area contributed by atoms with Crippen LogP contribution in [-0.2, 0) is 9.59 Å². The first-order valence-electron chi connectivity index (χ1n) is 5.83. The highest BCUT2D eigenvalue weighted by Crippen LogP contribution is 2.46. The third kappa shape index (κ3) is 1.25. The minimum atomic E-state index is -0.413. The van der Waals surface area contributed by atoms with E-state index in [-0.39, 0.29) is 35.1 Å². The maximum absolute atomic E-state index is 12.0. The van der Waals surface area contributed by atoms with Crippen molar-refractivity contribution in [2.24, 2.45) is 17.3 Å². The van der Waals surface area contributed by atoms with E-state index in [1.54, 1.807) is 13.8 Å². The Balaban J connectivity index is 2.24. The van der Waals surface area contributed by atoms with Crippen molar-refractivity contribution in [3.8, 4) is 0 Å². The molecule has 1 heterocycles. The van der Waals surface area contributed by atoms with Crippen molar-refractivity contribution in [3.05, 3.63) is 0 Å². The second kappa shape index (κ2) is 3.29. The van der Waals surface area contributed by atoms with Crippen molar-refractivity contribution in [2.75, 3.05) is 0 Å². The number of amides is 2. The lowest BCUT2D eigenvalue weighted by atomic mass is 9.64. The highest BCUT2D eigenvalue weighted by atomic mass is 16.3. The van der Waals surface area contributed by atoms with Crippen LogP contribution in [0.25, 0.3) is 0 Å². The monoisotopic (exact) mass is 225 g/mol. The average Bonchev–Trinajstić information content (AvgIpc) is 2.41. The number of likely N-dealkylation sites (tertiary alicyclic amines) is 1. The quantitative estimate of drug-likeness (QED) is 0.671. The Kier molecular flexibility index (Phi) is 2.38. The maximum atomic E-state index is 12.0. The third-order valence-corrected chi connectivity index (χ3v) is 4.48. The van der Waals surface area contributed by atoms with Gasteiger partial charge in [0.15, 0.2) is 0 Å². The van der Waals surface area contributed by atoms with Crippen LogP contribution >= 0.6 is 0 Å². The lowest BCUT2D eigenvalue weighted by molar-refractivity contribution is -0.163. The van der Waals surface area contributed by atoms with Crippen molar-refractivity contribution < 1.29 is 14.7 Å². The summed E-state index contributed by atoms with van der Waals surface area (Å²) < 4.78 is 0. The molecular weight excluding hydrogens is 206 g/mol. The van der Waals surface area contributed by atoms with Gasteiger partial charge in [0.25, 0.3) is 0 Å². The molecule has 0 aromatic rings. The van der Waals surface area contributed by atoms with Gasteiger partial charge in [-0.05, 0) is 6.42 Å². The van der Waals surface area contributed by atoms with E-state index in [1.165, 1.54) is 4.90 Å². The van der Waals surface area contributed by atoms with Gasteiger partial charge in [-0.3, -0.25) is 14.5 Å². The number of nitrogens with zero attached hydrogens (tertiary/aromatic N) is 1. The van der Waals surface area contributed by atoms with E-state index < -0.39 is 6.10 Å². The largest absolute Gasteiger partial charge is 0.392 e. The zero-order valence-electron chi connectivity index (χ0n) is 10.2. The maximum Gasteiger partial charge on any atom is 0.233 e. The minimum absolute atomic E-state index is 0.0810. The topological polar surface area (TPSA) is 57.6 Å². The second-order valence-corrected chi connectivity index (χ2v) is 5.71. The summed E-state index contributed by atoms with van der Waals surface area (Å²) in [5.41, 5.74) is -0.366. The molecular formula is C12H19NO3. The average molecular weight is 225 g/mol. The van der Waals surface area contributed by atoms with Gasteiger partial charge in [0.2, 0.25) is 11.8 Å². The molecule has 16 heavy (non-hydrogen) atoms. The highest BCUT2D eigenvalue weighted by Gasteiger charge is 2.57. The molecule has 2 fully saturated rings. The van der Waals surface area contributed by atoms with Gasteiger partial charge < -0.3 is 5.11 Å². The molecule has 2 aliphatic rings. The molecule has 1 aliphatic heterocycles. The fourth-order valence-electron chi connectivity index (χ4n) is 2.60. The zero-order valence-corrected chi connectivity index (χ0v) is 10.2. The molecule has 4 nitrogen and oxygen atoms in total. The number of carbonyl (C=O) groups excluding carboxylic acids is 2. The molecule has 0 spiro atoms. The van der Waals surface area contributed by atoms with Crippen molar-refractivity contribution in [2.45, 2.75) is 46.3 Å². The number of aliphatic hydroxyl groups excluding tert-OH is 1. The first kappa shape index (κ1) is 11.6. The van der Waals surface area contributed by atoms with Gasteiger partial charge in [0.1, 0.15) is 0 Å². The Morgan fingerprint density at radius 3 is 1.94 bits per heavy atom. The standard InChI is InChI=1S/C12H19NO3/c1-6-7(2)11(16)13(10(6)15)8-5-9(14)12(8,3)4/h6-9,14H,5H2,1-4H3. The summed E-state index contributed by atoms with van der Waals surface area (Å²) in [6, 6.07) is -0.130. The number of hydrogen-bond donors (Lipinski definition) is 1. The summed E-state index contributed by atoms with van der Waals surface area (Å²) in [6.45, 7) is 7.40. The van der Waals surface area contributed by atoms with E-state index in [0.717, 1.165) is 0 Å². The normalized spacial score (nSPS) is 42.4. The molecule has 1 saturated carbocycles. The van der Waals surface area contributed by atoms with Gasteiger partial charge in [0.05, 0.1) is 6.10 Å².